The van der Waals surface area contributed by atoms with Crippen molar-refractivity contribution < 1.29 is 29.6 Å². The lowest BCUT2D eigenvalue weighted by molar-refractivity contribution is 0.0692. The number of pyridine rings is 1. The molecule has 2 aromatic heterocycles. The second-order valence-electron chi connectivity index (χ2n) is 5.33. The number of aromatic carboxylic acids is 1. The summed E-state index contributed by atoms with van der Waals surface area (Å²) in [6.45, 7) is 0.112. The molecule has 3 N–H and O–H groups in total. The van der Waals surface area contributed by atoms with Crippen LogP contribution in [0.5, 0.6) is 23.3 Å². The van der Waals surface area contributed by atoms with Crippen LogP contribution in [0.3, 0.4) is 0 Å². The van der Waals surface area contributed by atoms with Crippen molar-refractivity contribution in [1.82, 2.24) is 9.55 Å². The van der Waals surface area contributed by atoms with Crippen LogP contribution < -0.4 is 9.47 Å². The Morgan fingerprint density at radius 1 is 1.15 bits per heavy atom. The Morgan fingerprint density at radius 2 is 1.96 bits per heavy atom. The Bertz CT molecular complexity index is 1020. The van der Waals surface area contributed by atoms with Gasteiger partial charge in [-0.15, -0.1) is 0 Å². The molecule has 26 heavy (non-hydrogen) atoms. The number of aromatic hydroxyl groups is 2. The van der Waals surface area contributed by atoms with Gasteiger partial charge in [-0.25, -0.2) is 9.78 Å². The van der Waals surface area contributed by atoms with Crippen LogP contribution in [-0.4, -0.2) is 37.6 Å². The zero-order valence-electron chi connectivity index (χ0n) is 13.1. The summed E-state index contributed by atoms with van der Waals surface area (Å²) in [5.41, 5.74) is 0.475. The van der Waals surface area contributed by atoms with Gasteiger partial charge in [-0.2, -0.15) is 0 Å². The Labute approximate surface area is 151 Å². The Kier molecular flexibility index (Phi) is 3.85. The van der Waals surface area contributed by atoms with E-state index in [1.165, 1.54) is 29.0 Å². The van der Waals surface area contributed by atoms with Crippen molar-refractivity contribution in [1.29, 1.82) is 0 Å². The summed E-state index contributed by atoms with van der Waals surface area (Å²) in [5, 5.41) is 30.2. The van der Waals surface area contributed by atoms with Gasteiger partial charge in [0.05, 0.1) is 16.1 Å². The zero-order valence-corrected chi connectivity index (χ0v) is 13.9. The number of carboxylic acid groups (broad SMARTS) is 1. The van der Waals surface area contributed by atoms with Gasteiger partial charge < -0.3 is 24.8 Å². The van der Waals surface area contributed by atoms with Crippen molar-refractivity contribution in [3.8, 4) is 28.9 Å². The first kappa shape index (κ1) is 16.2. The van der Waals surface area contributed by atoms with Crippen molar-refractivity contribution in [2.24, 2.45) is 0 Å². The molecular weight excluding hydrogens is 360 g/mol. The molecule has 0 aliphatic carbocycles. The second-order valence-corrected chi connectivity index (χ2v) is 6.36. The molecule has 0 amide bonds. The van der Waals surface area contributed by atoms with E-state index in [1.807, 2.05) is 0 Å². The number of hydrogen-bond donors (Lipinski definition) is 3. The maximum atomic E-state index is 11.3. The summed E-state index contributed by atoms with van der Waals surface area (Å²) in [6, 6.07) is 9.23. The average Bonchev–Trinajstić information content (AvgIpc) is 3.19. The van der Waals surface area contributed by atoms with Gasteiger partial charge in [-0.3, -0.25) is 4.57 Å². The molecule has 1 aromatic carbocycles. The van der Waals surface area contributed by atoms with E-state index in [-0.39, 0.29) is 34.0 Å². The van der Waals surface area contributed by atoms with E-state index in [1.54, 1.807) is 18.2 Å². The number of hydrogen-bond acceptors (Lipinski definition) is 7. The van der Waals surface area contributed by atoms with Crippen LogP contribution in [0.2, 0.25) is 0 Å². The molecule has 0 atom stereocenters. The van der Waals surface area contributed by atoms with E-state index in [9.17, 15) is 20.1 Å². The lowest BCUT2D eigenvalue weighted by Gasteiger charge is -2.08. The molecule has 0 saturated carbocycles. The molecule has 0 spiro atoms. The van der Waals surface area contributed by atoms with Gasteiger partial charge in [0.15, 0.2) is 17.4 Å². The van der Waals surface area contributed by atoms with E-state index in [0.717, 1.165) is 11.8 Å². The summed E-state index contributed by atoms with van der Waals surface area (Å²) < 4.78 is 11.8. The first-order chi connectivity index (χ1) is 12.5. The minimum Gasteiger partial charge on any atom is -0.494 e. The molecule has 1 aliphatic heterocycles. The molecule has 4 rings (SSSR count). The van der Waals surface area contributed by atoms with Gasteiger partial charge in [-0.05, 0) is 24.3 Å². The standard InChI is InChI=1S/C17H12N2O6S/c20-14-7-13(26-15-10(17(22)23)2-1-5-18-15)16(21)19(14)9-3-4-11-12(6-9)25-8-24-11/h1-7,20-21H,8H2,(H,22,23). The summed E-state index contributed by atoms with van der Waals surface area (Å²) in [4.78, 5) is 15.6. The monoisotopic (exact) mass is 372 g/mol. The third-order valence-electron chi connectivity index (χ3n) is 3.74. The molecule has 0 saturated heterocycles. The number of aromatic nitrogens is 2. The Morgan fingerprint density at radius 3 is 2.77 bits per heavy atom. The van der Waals surface area contributed by atoms with Crippen LogP contribution in [0.4, 0.5) is 0 Å². The number of rotatable bonds is 4. The molecule has 0 unspecified atom stereocenters. The van der Waals surface area contributed by atoms with Crippen LogP contribution in [0.15, 0.2) is 52.5 Å². The summed E-state index contributed by atoms with van der Waals surface area (Å²) in [7, 11) is 0. The smallest absolute Gasteiger partial charge is 0.338 e. The maximum absolute atomic E-state index is 11.3. The van der Waals surface area contributed by atoms with E-state index in [2.05, 4.69) is 4.98 Å². The van der Waals surface area contributed by atoms with Gasteiger partial charge in [0.1, 0.15) is 5.03 Å². The zero-order chi connectivity index (χ0) is 18.3. The minimum absolute atomic E-state index is 0.00668. The van der Waals surface area contributed by atoms with Crippen LogP contribution in [0, 0.1) is 0 Å². The normalized spacial score (nSPS) is 12.3. The molecule has 3 aromatic rings. The molecule has 0 bridgehead atoms. The summed E-state index contributed by atoms with van der Waals surface area (Å²) in [5.74, 6) is -0.499. The van der Waals surface area contributed by atoms with Gasteiger partial charge in [0, 0.05) is 18.3 Å². The number of carboxylic acids is 1. The van der Waals surface area contributed by atoms with E-state index < -0.39 is 5.97 Å². The van der Waals surface area contributed by atoms with Gasteiger partial charge in [0.2, 0.25) is 12.7 Å². The largest absolute Gasteiger partial charge is 0.494 e. The lowest BCUT2D eigenvalue weighted by Crippen LogP contribution is -1.99. The van der Waals surface area contributed by atoms with Crippen molar-refractivity contribution in [2.45, 2.75) is 9.92 Å². The summed E-state index contributed by atoms with van der Waals surface area (Å²) >= 11 is 0.946. The van der Waals surface area contributed by atoms with Crippen LogP contribution in [-0.2, 0) is 0 Å². The van der Waals surface area contributed by atoms with Crippen molar-refractivity contribution >= 4 is 17.7 Å². The third-order valence-corrected chi connectivity index (χ3v) is 4.78. The lowest BCUT2D eigenvalue weighted by atomic mass is 10.3. The molecule has 9 heteroatoms. The number of ether oxygens (including phenoxy) is 2. The Balaban J connectivity index is 1.73. The molecule has 1 aliphatic rings. The van der Waals surface area contributed by atoms with Crippen molar-refractivity contribution in [3.05, 3.63) is 48.2 Å². The molecule has 3 heterocycles. The first-order valence-electron chi connectivity index (χ1n) is 7.44. The van der Waals surface area contributed by atoms with E-state index >= 15 is 0 Å². The second kappa shape index (κ2) is 6.19. The fourth-order valence-electron chi connectivity index (χ4n) is 2.56. The topological polar surface area (TPSA) is 114 Å². The van der Waals surface area contributed by atoms with Gasteiger partial charge in [-0.1, -0.05) is 11.8 Å². The van der Waals surface area contributed by atoms with E-state index in [4.69, 9.17) is 9.47 Å². The highest BCUT2D eigenvalue weighted by atomic mass is 32.2. The van der Waals surface area contributed by atoms with Crippen LogP contribution in [0.1, 0.15) is 10.4 Å². The number of fused-ring (bicyclic) bond motifs is 1. The highest BCUT2D eigenvalue weighted by molar-refractivity contribution is 7.99. The molecule has 8 nitrogen and oxygen atoms in total. The number of nitrogens with zero attached hydrogens (tertiary/aromatic N) is 2. The van der Waals surface area contributed by atoms with Crippen molar-refractivity contribution in [2.75, 3.05) is 6.79 Å². The molecule has 0 radical (unpaired) electrons. The quantitative estimate of drug-likeness (QED) is 0.641. The average molecular weight is 372 g/mol. The first-order valence-corrected chi connectivity index (χ1v) is 8.26. The fourth-order valence-corrected chi connectivity index (χ4v) is 3.49. The fraction of sp³-hybridized carbons (Fsp3) is 0.0588. The molecular formula is C17H12N2O6S. The predicted molar refractivity (Wildman–Crippen MR) is 90.5 cm³/mol. The van der Waals surface area contributed by atoms with Crippen LogP contribution >= 0.6 is 11.8 Å². The molecule has 132 valence electrons. The number of carbonyl (C=O) groups is 1. The van der Waals surface area contributed by atoms with Crippen molar-refractivity contribution in [3.63, 3.8) is 0 Å². The summed E-state index contributed by atoms with van der Waals surface area (Å²) in [6.07, 6.45) is 1.46. The van der Waals surface area contributed by atoms with Crippen LogP contribution in [0.25, 0.3) is 5.69 Å². The third kappa shape index (κ3) is 2.68. The van der Waals surface area contributed by atoms with E-state index in [0.29, 0.717) is 17.2 Å². The number of benzene rings is 1. The predicted octanol–water partition coefficient (Wildman–Crippen LogP) is 2.86. The van der Waals surface area contributed by atoms with Gasteiger partial charge >= 0.3 is 5.97 Å². The highest BCUT2D eigenvalue weighted by Crippen LogP contribution is 2.43. The maximum Gasteiger partial charge on any atom is 0.338 e. The van der Waals surface area contributed by atoms with Gasteiger partial charge in [0.25, 0.3) is 0 Å². The Hall–Kier alpha value is -3.33. The molecule has 0 fully saturated rings. The highest BCUT2D eigenvalue weighted by Gasteiger charge is 2.21. The SMILES string of the molecule is O=C(O)c1cccnc1Sc1cc(O)n(-c2ccc3c(c2)OCO3)c1O. The minimum atomic E-state index is -1.13.